The van der Waals surface area contributed by atoms with Gasteiger partial charge in [-0.1, -0.05) is 31.0 Å². The van der Waals surface area contributed by atoms with Gasteiger partial charge in [0.15, 0.2) is 0 Å². The molecule has 0 radical (unpaired) electrons. The van der Waals surface area contributed by atoms with Gasteiger partial charge in [0.2, 0.25) is 0 Å². The van der Waals surface area contributed by atoms with Crippen LogP contribution in [0.1, 0.15) is 37.2 Å². The number of hydrogen-bond acceptors (Lipinski definition) is 3. The molecule has 0 saturated carbocycles. The van der Waals surface area contributed by atoms with Crippen LogP contribution < -0.4 is 4.90 Å². The lowest BCUT2D eigenvalue weighted by Crippen LogP contribution is -2.25. The molecule has 1 aliphatic rings. The Morgan fingerprint density at radius 3 is 2.68 bits per heavy atom. The summed E-state index contributed by atoms with van der Waals surface area (Å²) in [6.45, 7) is 1.73. The van der Waals surface area contributed by atoms with E-state index in [-0.39, 0.29) is 6.61 Å². The average molecular weight is 263 g/mol. The molecule has 0 saturated heterocycles. The van der Waals surface area contributed by atoms with Gasteiger partial charge in [0.05, 0.1) is 0 Å². The minimum Gasteiger partial charge on any atom is -0.481 e. The van der Waals surface area contributed by atoms with Crippen LogP contribution in [0.5, 0.6) is 0 Å². The van der Waals surface area contributed by atoms with Gasteiger partial charge in [-0.05, 0) is 24.5 Å². The number of carboxylic acid groups (broad SMARTS) is 1. The molecule has 4 heteroatoms. The summed E-state index contributed by atoms with van der Waals surface area (Å²) < 4.78 is 0. The van der Waals surface area contributed by atoms with Gasteiger partial charge < -0.3 is 15.1 Å². The van der Waals surface area contributed by atoms with E-state index in [1.165, 1.54) is 0 Å². The molecule has 0 bridgehead atoms. The molecule has 1 heterocycles. The van der Waals surface area contributed by atoms with Crippen LogP contribution in [0, 0.1) is 0 Å². The summed E-state index contributed by atoms with van der Waals surface area (Å²) in [5.41, 5.74) is 2.00. The molecule has 1 aliphatic heterocycles. The first kappa shape index (κ1) is 13.9. The zero-order valence-electron chi connectivity index (χ0n) is 11.1. The summed E-state index contributed by atoms with van der Waals surface area (Å²) in [5.74, 6) is -1.14. The summed E-state index contributed by atoms with van der Waals surface area (Å²) >= 11 is 0. The first-order chi connectivity index (χ1) is 9.24. The molecule has 4 nitrogen and oxygen atoms in total. The maximum atomic E-state index is 11.3. The summed E-state index contributed by atoms with van der Waals surface area (Å²) in [5, 5.41) is 18.0. The maximum Gasteiger partial charge on any atom is 0.312 e. The second-order valence-corrected chi connectivity index (χ2v) is 5.03. The second-order valence-electron chi connectivity index (χ2n) is 5.03. The number of anilines is 1. The third-order valence-corrected chi connectivity index (χ3v) is 3.69. The Kier molecular flexibility index (Phi) is 4.80. The van der Waals surface area contributed by atoms with Crippen molar-refractivity contribution >= 4 is 11.7 Å². The van der Waals surface area contributed by atoms with Crippen molar-refractivity contribution in [3.05, 3.63) is 29.8 Å². The fourth-order valence-corrected chi connectivity index (χ4v) is 2.68. The largest absolute Gasteiger partial charge is 0.481 e. The summed E-state index contributed by atoms with van der Waals surface area (Å²) in [4.78, 5) is 13.4. The molecule has 0 aromatic heterocycles. The van der Waals surface area contributed by atoms with E-state index in [1.807, 2.05) is 24.3 Å². The lowest BCUT2D eigenvalue weighted by Gasteiger charge is -2.19. The number of benzene rings is 1. The number of rotatable bonds is 7. The Hall–Kier alpha value is -1.55. The minimum atomic E-state index is -0.741. The SMILES string of the molecule is O=C(O)C1CN(CCCCCCO)c2ccccc21. The number of hydrogen-bond donors (Lipinski definition) is 2. The lowest BCUT2D eigenvalue weighted by molar-refractivity contribution is -0.138. The van der Waals surface area contributed by atoms with Gasteiger partial charge in [-0.2, -0.15) is 0 Å². The third kappa shape index (κ3) is 3.26. The summed E-state index contributed by atoms with van der Waals surface area (Å²) in [6, 6.07) is 7.78. The smallest absolute Gasteiger partial charge is 0.312 e. The van der Waals surface area contributed by atoms with Crippen molar-refractivity contribution < 1.29 is 15.0 Å². The molecular formula is C15H21NO3. The van der Waals surface area contributed by atoms with Crippen molar-refractivity contribution in [3.63, 3.8) is 0 Å². The van der Waals surface area contributed by atoms with Crippen LogP contribution in [-0.4, -0.2) is 35.9 Å². The van der Waals surface area contributed by atoms with Gasteiger partial charge in [-0.15, -0.1) is 0 Å². The number of carboxylic acids is 1. The van der Waals surface area contributed by atoms with Crippen LogP contribution in [0.3, 0.4) is 0 Å². The molecule has 0 spiro atoms. The number of para-hydroxylation sites is 1. The van der Waals surface area contributed by atoms with Crippen molar-refractivity contribution in [2.45, 2.75) is 31.6 Å². The predicted molar refractivity (Wildman–Crippen MR) is 74.6 cm³/mol. The van der Waals surface area contributed by atoms with E-state index in [2.05, 4.69) is 4.90 Å². The molecule has 0 fully saturated rings. The highest BCUT2D eigenvalue weighted by Gasteiger charge is 2.32. The molecule has 1 atom stereocenters. The lowest BCUT2D eigenvalue weighted by atomic mass is 10.0. The Bertz CT molecular complexity index is 433. The quantitative estimate of drug-likeness (QED) is 0.741. The number of aliphatic hydroxyl groups is 1. The van der Waals surface area contributed by atoms with Gasteiger partial charge in [-0.25, -0.2) is 0 Å². The molecule has 19 heavy (non-hydrogen) atoms. The number of fused-ring (bicyclic) bond motifs is 1. The van der Waals surface area contributed by atoms with Gasteiger partial charge >= 0.3 is 5.97 Å². The fraction of sp³-hybridized carbons (Fsp3) is 0.533. The van der Waals surface area contributed by atoms with Crippen LogP contribution in [0.2, 0.25) is 0 Å². The van der Waals surface area contributed by atoms with E-state index in [0.29, 0.717) is 6.54 Å². The van der Waals surface area contributed by atoms with Gasteiger partial charge in [0, 0.05) is 25.4 Å². The first-order valence-electron chi connectivity index (χ1n) is 6.91. The van der Waals surface area contributed by atoms with Crippen LogP contribution in [0.15, 0.2) is 24.3 Å². The van der Waals surface area contributed by atoms with Crippen LogP contribution in [-0.2, 0) is 4.79 Å². The number of aliphatic hydroxyl groups excluding tert-OH is 1. The fourth-order valence-electron chi connectivity index (χ4n) is 2.68. The Balaban J connectivity index is 1.94. The molecule has 1 aromatic carbocycles. The molecule has 1 aromatic rings. The van der Waals surface area contributed by atoms with Crippen molar-refractivity contribution in [2.24, 2.45) is 0 Å². The molecule has 104 valence electrons. The summed E-state index contributed by atoms with van der Waals surface area (Å²) in [7, 11) is 0. The van der Waals surface area contributed by atoms with Crippen molar-refractivity contribution in [3.8, 4) is 0 Å². The first-order valence-corrected chi connectivity index (χ1v) is 6.91. The Labute approximate surface area is 113 Å². The van der Waals surface area contributed by atoms with Gasteiger partial charge in [-0.3, -0.25) is 4.79 Å². The van der Waals surface area contributed by atoms with Gasteiger partial charge in [0.1, 0.15) is 5.92 Å². The number of carbonyl (C=O) groups is 1. The zero-order chi connectivity index (χ0) is 13.7. The number of aliphatic carboxylic acids is 1. The standard InChI is InChI=1S/C15H21NO3/c17-10-6-2-1-5-9-16-11-13(15(18)19)12-7-3-4-8-14(12)16/h3-4,7-8,13,17H,1-2,5-6,9-11H2,(H,18,19). The average Bonchev–Trinajstić information content (AvgIpc) is 2.78. The van der Waals surface area contributed by atoms with Crippen LogP contribution in [0.25, 0.3) is 0 Å². The zero-order valence-corrected chi connectivity index (χ0v) is 11.1. The molecule has 2 rings (SSSR count). The van der Waals surface area contributed by atoms with E-state index < -0.39 is 11.9 Å². The maximum absolute atomic E-state index is 11.3. The van der Waals surface area contributed by atoms with E-state index in [0.717, 1.165) is 43.5 Å². The monoisotopic (exact) mass is 263 g/mol. The molecule has 1 unspecified atom stereocenters. The van der Waals surface area contributed by atoms with Gasteiger partial charge in [0.25, 0.3) is 0 Å². The third-order valence-electron chi connectivity index (χ3n) is 3.69. The van der Waals surface area contributed by atoms with Crippen molar-refractivity contribution in [1.82, 2.24) is 0 Å². The van der Waals surface area contributed by atoms with E-state index in [9.17, 15) is 9.90 Å². The molecule has 2 N–H and O–H groups in total. The van der Waals surface area contributed by atoms with Crippen molar-refractivity contribution in [1.29, 1.82) is 0 Å². The second kappa shape index (κ2) is 6.57. The normalized spacial score (nSPS) is 17.5. The number of nitrogens with zero attached hydrogens (tertiary/aromatic N) is 1. The van der Waals surface area contributed by atoms with Crippen LogP contribution in [0.4, 0.5) is 5.69 Å². The van der Waals surface area contributed by atoms with E-state index in [1.54, 1.807) is 0 Å². The minimum absolute atomic E-state index is 0.258. The Morgan fingerprint density at radius 1 is 1.21 bits per heavy atom. The number of unbranched alkanes of at least 4 members (excludes halogenated alkanes) is 3. The topological polar surface area (TPSA) is 60.8 Å². The van der Waals surface area contributed by atoms with E-state index in [4.69, 9.17) is 5.11 Å². The predicted octanol–water partition coefficient (Wildman–Crippen LogP) is 2.23. The highest BCUT2D eigenvalue weighted by molar-refractivity contribution is 5.82. The van der Waals surface area contributed by atoms with Crippen molar-refractivity contribution in [2.75, 3.05) is 24.6 Å². The molecule has 0 amide bonds. The molecular weight excluding hydrogens is 242 g/mol. The van der Waals surface area contributed by atoms with Crippen LogP contribution >= 0.6 is 0 Å². The highest BCUT2D eigenvalue weighted by atomic mass is 16.4. The molecule has 0 aliphatic carbocycles. The highest BCUT2D eigenvalue weighted by Crippen LogP contribution is 2.36. The van der Waals surface area contributed by atoms with E-state index >= 15 is 0 Å². The Morgan fingerprint density at radius 2 is 1.95 bits per heavy atom. The summed E-state index contributed by atoms with van der Waals surface area (Å²) in [6.07, 6.45) is 4.01.